The molecule has 0 saturated heterocycles. The van der Waals surface area contributed by atoms with E-state index in [1.807, 2.05) is 18.2 Å². The number of hydrazone groups is 1. The number of hydrogen-bond acceptors (Lipinski definition) is 7. The molecule has 170 valence electrons. The molecule has 0 aliphatic heterocycles. The van der Waals surface area contributed by atoms with Crippen molar-refractivity contribution in [3.05, 3.63) is 105 Å². The summed E-state index contributed by atoms with van der Waals surface area (Å²) < 4.78 is 1.48. The Morgan fingerprint density at radius 2 is 1.82 bits per heavy atom. The highest BCUT2D eigenvalue weighted by atomic mass is 32.2. The second kappa shape index (κ2) is 10.1. The van der Waals surface area contributed by atoms with Crippen molar-refractivity contribution in [2.24, 2.45) is 5.10 Å². The lowest BCUT2D eigenvalue weighted by Crippen LogP contribution is -2.24. The first-order valence-corrected chi connectivity index (χ1v) is 11.2. The molecule has 0 spiro atoms. The van der Waals surface area contributed by atoms with Crippen molar-refractivity contribution in [2.45, 2.75) is 12.1 Å². The molecule has 1 amide bonds. The van der Waals surface area contributed by atoms with Crippen LogP contribution in [-0.2, 0) is 4.79 Å². The van der Waals surface area contributed by atoms with Crippen molar-refractivity contribution >= 4 is 40.0 Å². The van der Waals surface area contributed by atoms with Crippen LogP contribution in [-0.4, -0.2) is 31.8 Å². The van der Waals surface area contributed by atoms with Gasteiger partial charge in [0.1, 0.15) is 0 Å². The minimum atomic E-state index is -0.491. The third-order valence-corrected chi connectivity index (χ3v) is 5.85. The summed E-state index contributed by atoms with van der Waals surface area (Å²) in [7, 11) is 0. The second-order valence-corrected chi connectivity index (χ2v) is 8.16. The van der Waals surface area contributed by atoms with E-state index in [4.69, 9.17) is 0 Å². The van der Waals surface area contributed by atoms with Gasteiger partial charge in [-0.1, -0.05) is 54.2 Å². The quantitative estimate of drug-likeness (QED) is 0.143. The number of benzene rings is 3. The molecule has 4 rings (SSSR count). The van der Waals surface area contributed by atoms with E-state index in [0.717, 1.165) is 11.8 Å². The number of non-ortho nitro benzene ring substituents is 1. The number of nitro groups is 1. The summed E-state index contributed by atoms with van der Waals surface area (Å²) in [6, 6.07) is 22.1. The topological polar surface area (TPSA) is 119 Å². The van der Waals surface area contributed by atoms with Crippen LogP contribution in [0.4, 0.5) is 5.69 Å². The molecule has 0 aliphatic carbocycles. The third kappa shape index (κ3) is 5.02. The number of thioether (sulfide) groups is 1. The van der Waals surface area contributed by atoms with Gasteiger partial charge in [0.15, 0.2) is 5.16 Å². The first-order valence-electron chi connectivity index (χ1n) is 10.2. The molecule has 0 saturated carbocycles. The van der Waals surface area contributed by atoms with Crippen molar-refractivity contribution in [3.8, 4) is 5.69 Å². The average molecular weight is 474 g/mol. The number of nitrogens with one attached hydrogen (secondary N) is 1. The van der Waals surface area contributed by atoms with E-state index in [1.54, 1.807) is 55.5 Å². The standard InChI is InChI=1S/C24H19N5O4S/c1-16(17-8-7-11-19(14-17)29(32)33)26-27-22(30)15-34-24-25-21-13-6-5-12-20(21)23(31)28(24)18-9-3-2-4-10-18/h2-14H,15H2,1H3,(H,27,30)/b26-16+. The molecular formula is C24H19N5O4S. The van der Waals surface area contributed by atoms with Gasteiger partial charge < -0.3 is 0 Å². The van der Waals surface area contributed by atoms with E-state index in [-0.39, 0.29) is 17.0 Å². The molecule has 34 heavy (non-hydrogen) atoms. The van der Waals surface area contributed by atoms with E-state index in [0.29, 0.717) is 33.0 Å². The molecule has 10 heteroatoms. The number of nitrogens with zero attached hydrogens (tertiary/aromatic N) is 4. The van der Waals surface area contributed by atoms with E-state index in [1.165, 1.54) is 16.7 Å². The number of amides is 1. The highest BCUT2D eigenvalue weighted by Crippen LogP contribution is 2.21. The van der Waals surface area contributed by atoms with E-state index < -0.39 is 10.8 Å². The summed E-state index contributed by atoms with van der Waals surface area (Å²) in [5, 5.41) is 15.9. The van der Waals surface area contributed by atoms with Gasteiger partial charge in [0.2, 0.25) is 0 Å². The Labute approximate surface area is 198 Å². The first kappa shape index (κ1) is 22.9. The van der Waals surface area contributed by atoms with Crippen molar-refractivity contribution in [2.75, 3.05) is 5.75 Å². The van der Waals surface area contributed by atoms with E-state index in [9.17, 15) is 19.7 Å². The Morgan fingerprint density at radius 1 is 1.09 bits per heavy atom. The van der Waals surface area contributed by atoms with E-state index in [2.05, 4.69) is 15.5 Å². The third-order valence-electron chi connectivity index (χ3n) is 4.91. The average Bonchev–Trinajstić information content (AvgIpc) is 2.86. The summed E-state index contributed by atoms with van der Waals surface area (Å²) in [6.07, 6.45) is 0. The fraction of sp³-hybridized carbons (Fsp3) is 0.0833. The fourth-order valence-corrected chi connectivity index (χ4v) is 4.04. The number of rotatable bonds is 7. The van der Waals surface area contributed by atoms with Crippen LogP contribution in [0.15, 0.2) is 93.9 Å². The molecule has 0 unspecified atom stereocenters. The molecule has 1 N–H and O–H groups in total. The Bertz CT molecular complexity index is 1470. The maximum absolute atomic E-state index is 13.2. The van der Waals surface area contributed by atoms with Gasteiger partial charge in [0.25, 0.3) is 17.2 Å². The molecule has 9 nitrogen and oxygen atoms in total. The zero-order valence-corrected chi connectivity index (χ0v) is 18.9. The van der Waals surface area contributed by atoms with Gasteiger partial charge in [-0.05, 0) is 31.2 Å². The Hall–Kier alpha value is -4.31. The first-order chi connectivity index (χ1) is 16.4. The van der Waals surface area contributed by atoms with Crippen LogP contribution in [0.3, 0.4) is 0 Å². The van der Waals surface area contributed by atoms with Gasteiger partial charge in [0, 0.05) is 17.7 Å². The maximum atomic E-state index is 13.2. The smallest absolute Gasteiger partial charge is 0.270 e. The Balaban J connectivity index is 1.55. The molecule has 0 aliphatic rings. The van der Waals surface area contributed by atoms with Gasteiger partial charge in [0.05, 0.1) is 33.0 Å². The number of carbonyl (C=O) groups excluding carboxylic acids is 1. The molecule has 0 fully saturated rings. The monoisotopic (exact) mass is 473 g/mol. The minimum absolute atomic E-state index is 0.0384. The van der Waals surface area contributed by atoms with Gasteiger partial charge in [-0.15, -0.1) is 0 Å². The lowest BCUT2D eigenvalue weighted by atomic mass is 10.1. The van der Waals surface area contributed by atoms with Gasteiger partial charge in [-0.25, -0.2) is 10.4 Å². The number of hydrogen-bond donors (Lipinski definition) is 1. The maximum Gasteiger partial charge on any atom is 0.270 e. The van der Waals surface area contributed by atoms with Crippen LogP contribution in [0.25, 0.3) is 16.6 Å². The fourth-order valence-electron chi connectivity index (χ4n) is 3.23. The van der Waals surface area contributed by atoms with Crippen molar-refractivity contribution in [1.82, 2.24) is 15.0 Å². The van der Waals surface area contributed by atoms with Crippen molar-refractivity contribution in [1.29, 1.82) is 0 Å². The summed E-state index contributed by atoms with van der Waals surface area (Å²) in [6.45, 7) is 1.64. The highest BCUT2D eigenvalue weighted by molar-refractivity contribution is 7.99. The second-order valence-electron chi connectivity index (χ2n) is 7.22. The summed E-state index contributed by atoms with van der Waals surface area (Å²) in [5.74, 6) is -0.444. The molecule has 0 radical (unpaired) electrons. The Morgan fingerprint density at radius 3 is 2.59 bits per heavy atom. The molecule has 0 bridgehead atoms. The van der Waals surface area contributed by atoms with E-state index >= 15 is 0 Å². The predicted molar refractivity (Wildman–Crippen MR) is 132 cm³/mol. The van der Waals surface area contributed by atoms with Crippen LogP contribution in [0, 0.1) is 10.1 Å². The number of fused-ring (bicyclic) bond motifs is 1. The van der Waals surface area contributed by atoms with Crippen molar-refractivity contribution in [3.63, 3.8) is 0 Å². The molecule has 4 aromatic rings. The SMILES string of the molecule is C/C(=N\NC(=O)CSc1nc2ccccc2c(=O)n1-c1ccccc1)c1cccc([N+](=O)[O-])c1. The van der Waals surface area contributed by atoms with Crippen molar-refractivity contribution < 1.29 is 9.72 Å². The van der Waals surface area contributed by atoms with Crippen LogP contribution in [0.2, 0.25) is 0 Å². The minimum Gasteiger partial charge on any atom is -0.272 e. The summed E-state index contributed by atoms with van der Waals surface area (Å²) >= 11 is 1.11. The molecule has 1 aromatic heterocycles. The Kier molecular flexibility index (Phi) is 6.79. The van der Waals surface area contributed by atoms with Crippen LogP contribution in [0.1, 0.15) is 12.5 Å². The normalized spacial score (nSPS) is 11.4. The van der Waals surface area contributed by atoms with Crippen LogP contribution in [0.5, 0.6) is 0 Å². The number of carbonyl (C=O) groups is 1. The lowest BCUT2D eigenvalue weighted by molar-refractivity contribution is -0.384. The van der Waals surface area contributed by atoms with Crippen LogP contribution < -0.4 is 11.0 Å². The molecule has 3 aromatic carbocycles. The summed E-state index contributed by atoms with van der Waals surface area (Å²) in [5.41, 5.74) is 4.31. The number of para-hydroxylation sites is 2. The number of nitro benzene ring substituents is 1. The molecule has 1 heterocycles. The highest BCUT2D eigenvalue weighted by Gasteiger charge is 2.15. The van der Waals surface area contributed by atoms with Gasteiger partial charge in [-0.2, -0.15) is 5.10 Å². The zero-order chi connectivity index (χ0) is 24.1. The zero-order valence-electron chi connectivity index (χ0n) is 18.0. The lowest BCUT2D eigenvalue weighted by Gasteiger charge is -2.13. The predicted octanol–water partition coefficient (Wildman–Crippen LogP) is 3.93. The molecular weight excluding hydrogens is 454 g/mol. The largest absolute Gasteiger partial charge is 0.272 e. The summed E-state index contributed by atoms with van der Waals surface area (Å²) in [4.78, 5) is 40.7. The van der Waals surface area contributed by atoms with Crippen LogP contribution >= 0.6 is 11.8 Å². The molecule has 0 atom stereocenters. The van der Waals surface area contributed by atoms with Gasteiger partial charge >= 0.3 is 0 Å². The number of aromatic nitrogens is 2. The van der Waals surface area contributed by atoms with Gasteiger partial charge in [-0.3, -0.25) is 24.3 Å².